The molecule has 4 rings (SSSR count). The van der Waals surface area contributed by atoms with Crippen LogP contribution in [0, 0.1) is 0 Å². The molecule has 0 unspecified atom stereocenters. The van der Waals surface area contributed by atoms with Crippen LogP contribution in [0.25, 0.3) is 0 Å². The zero-order valence-electron chi connectivity index (χ0n) is 23.4. The second kappa shape index (κ2) is 11.8. The smallest absolute Gasteiger partial charge is 0.414 e. The predicted molar refractivity (Wildman–Crippen MR) is 148 cm³/mol. The van der Waals surface area contributed by atoms with Gasteiger partial charge in [0.2, 0.25) is 0 Å². The summed E-state index contributed by atoms with van der Waals surface area (Å²) in [4.78, 5) is 54.7. The molecule has 2 aliphatic rings. The third kappa shape index (κ3) is 7.15. The molecule has 0 saturated carbocycles. The third-order valence-corrected chi connectivity index (χ3v) is 7.61. The van der Waals surface area contributed by atoms with Crippen LogP contribution in [-0.4, -0.2) is 99.6 Å². The van der Waals surface area contributed by atoms with E-state index in [0.717, 1.165) is 6.26 Å². The number of benzene rings is 2. The zero-order valence-corrected chi connectivity index (χ0v) is 24.2. The molecule has 0 aromatic heterocycles. The van der Waals surface area contributed by atoms with Gasteiger partial charge in [0.25, 0.3) is 5.91 Å². The number of amides is 3. The lowest BCUT2D eigenvalue weighted by Crippen LogP contribution is -2.51. The lowest BCUT2D eigenvalue weighted by molar-refractivity contribution is 0.0140. The fraction of sp³-hybridized carbons (Fsp3) is 0.429. The number of esters is 1. The van der Waals surface area contributed by atoms with E-state index >= 15 is 0 Å². The topological polar surface area (TPSA) is 140 Å². The highest BCUT2D eigenvalue weighted by atomic mass is 32.2. The molecule has 12 nitrogen and oxygen atoms in total. The number of cyclic esters (lactones) is 1. The van der Waals surface area contributed by atoms with E-state index in [1.165, 1.54) is 32.9 Å². The molecule has 2 aliphatic heterocycles. The molecule has 0 spiro atoms. The van der Waals surface area contributed by atoms with Gasteiger partial charge in [-0.15, -0.1) is 0 Å². The average molecular weight is 588 g/mol. The Labute approximate surface area is 238 Å². The minimum absolute atomic E-state index is 0.0541. The van der Waals surface area contributed by atoms with Crippen molar-refractivity contribution < 1.29 is 41.8 Å². The maximum atomic E-state index is 13.4. The van der Waals surface area contributed by atoms with Crippen LogP contribution in [0.15, 0.2) is 53.4 Å². The quantitative estimate of drug-likeness (QED) is 0.369. The van der Waals surface area contributed by atoms with Crippen LogP contribution in [0.4, 0.5) is 15.3 Å². The lowest BCUT2D eigenvalue weighted by Gasteiger charge is -2.35. The first kappa shape index (κ1) is 29.8. The van der Waals surface area contributed by atoms with Crippen molar-refractivity contribution in [3.8, 4) is 0 Å². The molecule has 0 radical (unpaired) electrons. The molecule has 41 heavy (non-hydrogen) atoms. The molecular weight excluding hydrogens is 554 g/mol. The van der Waals surface area contributed by atoms with Crippen LogP contribution in [0.2, 0.25) is 0 Å². The minimum atomic E-state index is -3.91. The van der Waals surface area contributed by atoms with Crippen molar-refractivity contribution in [1.29, 1.82) is 0 Å². The molecule has 3 amide bonds. The van der Waals surface area contributed by atoms with Crippen molar-refractivity contribution in [2.24, 2.45) is 0 Å². The SMILES string of the molecule is CC(C)(C)OC(=O)N1CCN(C(=O)c2ccc(N3C(=O)OC[C@H]3COC(=O)c3ccccc3)cc2S(C)(=O)=O)CC1. The van der Waals surface area contributed by atoms with E-state index in [9.17, 15) is 27.6 Å². The van der Waals surface area contributed by atoms with Gasteiger partial charge >= 0.3 is 18.2 Å². The number of rotatable bonds is 6. The number of nitrogens with zero attached hydrogens (tertiary/aromatic N) is 3. The van der Waals surface area contributed by atoms with Crippen LogP contribution in [0.5, 0.6) is 0 Å². The summed E-state index contributed by atoms with van der Waals surface area (Å²) in [6.07, 6.45) is -0.236. The summed E-state index contributed by atoms with van der Waals surface area (Å²) >= 11 is 0. The third-order valence-electron chi connectivity index (χ3n) is 6.47. The number of piperazine rings is 1. The fourth-order valence-electron chi connectivity index (χ4n) is 4.46. The van der Waals surface area contributed by atoms with Gasteiger partial charge in [0, 0.05) is 38.1 Å². The van der Waals surface area contributed by atoms with E-state index in [4.69, 9.17) is 14.2 Å². The van der Waals surface area contributed by atoms with Crippen molar-refractivity contribution in [3.05, 3.63) is 59.7 Å². The number of sulfone groups is 1. The Kier molecular flexibility index (Phi) is 8.57. The predicted octanol–water partition coefficient (Wildman–Crippen LogP) is 2.97. The first-order valence-electron chi connectivity index (χ1n) is 13.0. The molecule has 2 aromatic carbocycles. The number of anilines is 1. The molecule has 2 saturated heterocycles. The molecule has 1 atom stereocenters. The van der Waals surface area contributed by atoms with Gasteiger partial charge in [-0.3, -0.25) is 9.69 Å². The van der Waals surface area contributed by atoms with Crippen molar-refractivity contribution in [2.75, 3.05) is 50.5 Å². The summed E-state index contributed by atoms with van der Waals surface area (Å²) in [6, 6.07) is 11.7. The number of hydrogen-bond acceptors (Lipinski definition) is 9. The van der Waals surface area contributed by atoms with E-state index in [0.29, 0.717) is 5.56 Å². The Morgan fingerprint density at radius 1 is 0.976 bits per heavy atom. The lowest BCUT2D eigenvalue weighted by atomic mass is 10.1. The number of carbonyl (C=O) groups excluding carboxylic acids is 4. The van der Waals surface area contributed by atoms with E-state index < -0.39 is 45.5 Å². The molecule has 0 bridgehead atoms. The molecule has 2 heterocycles. The van der Waals surface area contributed by atoms with Gasteiger partial charge in [-0.25, -0.2) is 22.8 Å². The second-order valence-electron chi connectivity index (χ2n) is 10.8. The van der Waals surface area contributed by atoms with Crippen LogP contribution in [0.3, 0.4) is 0 Å². The van der Waals surface area contributed by atoms with E-state index in [2.05, 4.69) is 0 Å². The minimum Gasteiger partial charge on any atom is -0.460 e. The first-order valence-corrected chi connectivity index (χ1v) is 14.9. The highest BCUT2D eigenvalue weighted by molar-refractivity contribution is 7.90. The van der Waals surface area contributed by atoms with Gasteiger partial charge in [0.15, 0.2) is 9.84 Å². The summed E-state index contributed by atoms with van der Waals surface area (Å²) in [7, 11) is -3.91. The summed E-state index contributed by atoms with van der Waals surface area (Å²) in [5.41, 5.74) is -0.180. The van der Waals surface area contributed by atoms with E-state index in [1.807, 2.05) is 0 Å². The summed E-state index contributed by atoms with van der Waals surface area (Å²) in [5, 5.41) is 0. The fourth-order valence-corrected chi connectivity index (χ4v) is 5.35. The number of carbonyl (C=O) groups is 4. The Balaban J connectivity index is 1.50. The van der Waals surface area contributed by atoms with Crippen molar-refractivity contribution in [3.63, 3.8) is 0 Å². The normalized spacial score (nSPS) is 17.7. The van der Waals surface area contributed by atoms with Gasteiger partial charge in [-0.1, -0.05) is 18.2 Å². The molecule has 13 heteroatoms. The average Bonchev–Trinajstić information content (AvgIpc) is 3.30. The van der Waals surface area contributed by atoms with Crippen molar-refractivity contribution >= 4 is 39.6 Å². The highest BCUT2D eigenvalue weighted by Gasteiger charge is 2.37. The summed E-state index contributed by atoms with van der Waals surface area (Å²) < 4.78 is 41.5. The number of ether oxygens (including phenoxy) is 3. The van der Waals surface area contributed by atoms with Gasteiger partial charge < -0.3 is 24.0 Å². The Bertz CT molecular complexity index is 1430. The largest absolute Gasteiger partial charge is 0.460 e. The monoisotopic (exact) mass is 587 g/mol. The van der Waals surface area contributed by atoms with Crippen LogP contribution < -0.4 is 4.90 Å². The molecular formula is C28H33N3O9S. The second-order valence-corrected chi connectivity index (χ2v) is 12.8. The van der Waals surface area contributed by atoms with Gasteiger partial charge in [0.05, 0.1) is 16.0 Å². The first-order chi connectivity index (χ1) is 19.2. The molecule has 0 N–H and O–H groups in total. The molecule has 0 aliphatic carbocycles. The van der Waals surface area contributed by atoms with Crippen molar-refractivity contribution in [2.45, 2.75) is 37.3 Å². The maximum Gasteiger partial charge on any atom is 0.414 e. The standard InChI is InChI=1S/C28H33N3O9S/c1-28(2,3)40-26(34)30-14-12-29(13-15-30)24(32)22-11-10-20(16-23(22)41(4,36)37)31-21(18-39-27(31)35)17-38-25(33)19-8-6-5-7-9-19/h5-11,16,21H,12-15,17-18H2,1-4H3/t21-/m1/s1. The Hall–Kier alpha value is -4.13. The molecule has 2 aromatic rings. The van der Waals surface area contributed by atoms with E-state index in [1.54, 1.807) is 51.1 Å². The van der Waals surface area contributed by atoms with Crippen LogP contribution >= 0.6 is 0 Å². The highest BCUT2D eigenvalue weighted by Crippen LogP contribution is 2.29. The van der Waals surface area contributed by atoms with Crippen molar-refractivity contribution in [1.82, 2.24) is 9.80 Å². The van der Waals surface area contributed by atoms with Crippen LogP contribution in [-0.2, 0) is 24.0 Å². The van der Waals surface area contributed by atoms with Gasteiger partial charge in [-0.2, -0.15) is 0 Å². The zero-order chi connectivity index (χ0) is 29.9. The van der Waals surface area contributed by atoms with Crippen LogP contribution in [0.1, 0.15) is 41.5 Å². The summed E-state index contributed by atoms with van der Waals surface area (Å²) in [5.74, 6) is -1.09. The van der Waals surface area contributed by atoms with Gasteiger partial charge in [0.1, 0.15) is 24.9 Å². The maximum absolute atomic E-state index is 13.4. The Morgan fingerprint density at radius 2 is 1.61 bits per heavy atom. The van der Waals surface area contributed by atoms with Gasteiger partial charge in [-0.05, 0) is 51.1 Å². The molecule has 2 fully saturated rings. The Morgan fingerprint density at radius 3 is 2.22 bits per heavy atom. The number of hydrogen-bond donors (Lipinski definition) is 0. The molecule has 220 valence electrons. The van der Waals surface area contributed by atoms with E-state index in [-0.39, 0.29) is 55.5 Å². The summed E-state index contributed by atoms with van der Waals surface area (Å²) in [6.45, 7) is 5.89.